The molecule has 4 aromatic carbocycles. The maximum Gasteiger partial charge on any atom is 0.241 e. The quantitative estimate of drug-likeness (QED) is 0.241. The summed E-state index contributed by atoms with van der Waals surface area (Å²) in [4.78, 5) is 12.2. The predicted molar refractivity (Wildman–Crippen MR) is 170 cm³/mol. The van der Waals surface area contributed by atoms with Crippen molar-refractivity contribution in [2.45, 2.75) is 42.3 Å². The molecule has 1 aliphatic rings. The summed E-state index contributed by atoms with van der Waals surface area (Å²) >= 11 is 0. The van der Waals surface area contributed by atoms with E-state index in [1.807, 2.05) is 68.4 Å². The fraction of sp³-hybridized carbons (Fsp3) is 0.212. The number of sulfonamides is 2. The first-order chi connectivity index (χ1) is 21.1. The van der Waals surface area contributed by atoms with Crippen LogP contribution in [0.5, 0.6) is 0 Å². The fourth-order valence-electron chi connectivity index (χ4n) is 5.42. The minimum atomic E-state index is -3.92. The summed E-state index contributed by atoms with van der Waals surface area (Å²) in [6, 6.07) is 29.3. The summed E-state index contributed by atoms with van der Waals surface area (Å²) in [5.41, 5.74) is 5.17. The average molecular weight is 628 g/mol. The molecule has 2 heterocycles. The third-order valence-corrected chi connectivity index (χ3v) is 10.7. The lowest BCUT2D eigenvalue weighted by atomic mass is 9.97. The van der Waals surface area contributed by atoms with Crippen LogP contribution in [0.1, 0.15) is 40.2 Å². The Kier molecular flexibility index (Phi) is 8.32. The van der Waals surface area contributed by atoms with E-state index < -0.39 is 32.1 Å². The van der Waals surface area contributed by atoms with Crippen molar-refractivity contribution >= 4 is 31.1 Å². The van der Waals surface area contributed by atoms with Crippen LogP contribution in [0.25, 0.3) is 11.0 Å². The third-order valence-electron chi connectivity index (χ3n) is 7.78. The molecule has 2 atom stereocenters. The van der Waals surface area contributed by atoms with E-state index in [-0.39, 0.29) is 22.9 Å². The summed E-state index contributed by atoms with van der Waals surface area (Å²) < 4.78 is 59.6. The van der Waals surface area contributed by atoms with Crippen LogP contribution in [-0.4, -0.2) is 44.8 Å². The van der Waals surface area contributed by atoms with Gasteiger partial charge in [-0.25, -0.2) is 36.2 Å². The Bertz CT molecular complexity index is 2000. The molecule has 6 rings (SSSR count). The van der Waals surface area contributed by atoms with Crippen LogP contribution in [0, 0.1) is 13.8 Å². The van der Waals surface area contributed by atoms with Gasteiger partial charge in [-0.05, 0) is 55.8 Å². The van der Waals surface area contributed by atoms with Crippen LogP contribution in [0.4, 0.5) is 0 Å². The first-order valence-electron chi connectivity index (χ1n) is 14.3. The van der Waals surface area contributed by atoms with Gasteiger partial charge < -0.3 is 0 Å². The van der Waals surface area contributed by atoms with Crippen molar-refractivity contribution in [1.29, 1.82) is 0 Å². The third kappa shape index (κ3) is 6.42. The number of nitrogens with zero attached hydrogens (tertiary/aromatic N) is 3. The lowest BCUT2D eigenvalue weighted by Crippen LogP contribution is -2.48. The number of hydrogen-bond donors (Lipinski definition) is 2. The predicted octanol–water partition coefficient (Wildman–Crippen LogP) is 4.80. The molecule has 0 aliphatic carbocycles. The van der Waals surface area contributed by atoms with Crippen LogP contribution in [0.15, 0.2) is 113 Å². The van der Waals surface area contributed by atoms with Crippen molar-refractivity contribution in [3.63, 3.8) is 0 Å². The second-order valence-electron chi connectivity index (χ2n) is 11.1. The van der Waals surface area contributed by atoms with Crippen LogP contribution in [0.3, 0.4) is 0 Å². The van der Waals surface area contributed by atoms with Crippen molar-refractivity contribution in [3.05, 3.63) is 131 Å². The molecule has 0 saturated heterocycles. The molecule has 44 heavy (non-hydrogen) atoms. The Morgan fingerprint density at radius 1 is 0.682 bits per heavy atom. The smallest absolute Gasteiger partial charge is 0.241 e. The Morgan fingerprint density at radius 2 is 1.20 bits per heavy atom. The van der Waals surface area contributed by atoms with Gasteiger partial charge in [0.15, 0.2) is 0 Å². The number of rotatable bonds is 9. The number of hydrogen-bond acceptors (Lipinski definition) is 7. The van der Waals surface area contributed by atoms with Gasteiger partial charge in [0.25, 0.3) is 0 Å². The molecule has 0 radical (unpaired) electrons. The Balaban J connectivity index is 1.42. The van der Waals surface area contributed by atoms with Gasteiger partial charge in [-0.3, -0.25) is 4.90 Å². The Labute approximate surface area is 258 Å². The topological polar surface area (TPSA) is 121 Å². The minimum absolute atomic E-state index is 0.0144. The molecule has 0 amide bonds. The molecule has 0 saturated carbocycles. The van der Waals surface area contributed by atoms with Gasteiger partial charge in [-0.1, -0.05) is 77.9 Å². The van der Waals surface area contributed by atoms with Crippen molar-refractivity contribution in [2.24, 2.45) is 0 Å². The van der Waals surface area contributed by atoms with Crippen molar-refractivity contribution in [3.8, 4) is 0 Å². The molecule has 0 fully saturated rings. The van der Waals surface area contributed by atoms with E-state index in [1.165, 1.54) is 0 Å². The second-order valence-corrected chi connectivity index (χ2v) is 14.5. The molecular weight excluding hydrogens is 595 g/mol. The lowest BCUT2D eigenvalue weighted by molar-refractivity contribution is 0.150. The fourth-order valence-corrected chi connectivity index (χ4v) is 7.65. The molecule has 9 nitrogen and oxygen atoms in total. The van der Waals surface area contributed by atoms with Gasteiger partial charge in [-0.15, -0.1) is 0 Å². The average Bonchev–Trinajstić information content (AvgIpc) is 3.01. The minimum Gasteiger partial charge on any atom is -0.287 e. The second kappa shape index (κ2) is 12.2. The van der Waals surface area contributed by atoms with Crippen LogP contribution >= 0.6 is 0 Å². The first-order valence-corrected chi connectivity index (χ1v) is 17.3. The maximum absolute atomic E-state index is 13.6. The van der Waals surface area contributed by atoms with E-state index in [0.717, 1.165) is 16.7 Å². The Hall–Kier alpha value is -4.00. The largest absolute Gasteiger partial charge is 0.287 e. The molecule has 5 aromatic rings. The number of para-hydroxylation sites is 2. The zero-order chi connectivity index (χ0) is 30.9. The summed E-state index contributed by atoms with van der Waals surface area (Å²) in [5, 5.41) is 0. The maximum atomic E-state index is 13.6. The van der Waals surface area contributed by atoms with E-state index >= 15 is 0 Å². The normalized spacial score (nSPS) is 17.4. The van der Waals surface area contributed by atoms with E-state index in [1.54, 1.807) is 48.5 Å². The summed E-state index contributed by atoms with van der Waals surface area (Å²) in [7, 11) is -7.75. The zero-order valence-corrected chi connectivity index (χ0v) is 26.0. The highest BCUT2D eigenvalue weighted by Gasteiger charge is 2.38. The molecule has 1 aromatic heterocycles. The molecule has 1 aliphatic heterocycles. The van der Waals surface area contributed by atoms with Gasteiger partial charge in [0.05, 0.1) is 44.3 Å². The van der Waals surface area contributed by atoms with Gasteiger partial charge >= 0.3 is 0 Å². The molecule has 11 heteroatoms. The van der Waals surface area contributed by atoms with Gasteiger partial charge in [-0.2, -0.15) is 0 Å². The van der Waals surface area contributed by atoms with Gasteiger partial charge in [0.2, 0.25) is 20.0 Å². The lowest BCUT2D eigenvalue weighted by Gasteiger charge is -2.40. The van der Waals surface area contributed by atoms with Gasteiger partial charge in [0.1, 0.15) is 0 Å². The Morgan fingerprint density at radius 3 is 1.80 bits per heavy atom. The first kappa shape index (κ1) is 30.0. The summed E-state index contributed by atoms with van der Waals surface area (Å²) in [5.74, 6) is 0. The highest BCUT2D eigenvalue weighted by Crippen LogP contribution is 2.36. The SMILES string of the molecule is Cc1ccc(S(=O)(=O)NC[C@@H]2c3nc4ccccc4nc3[C@@H](NS(=O)(=O)c3ccc(C)cc3)CN2Cc2ccccc2)cc1. The number of aryl methyl sites for hydroxylation is 2. The van der Waals surface area contributed by atoms with Crippen LogP contribution < -0.4 is 9.44 Å². The number of nitrogens with one attached hydrogen (secondary N) is 2. The number of fused-ring (bicyclic) bond motifs is 2. The van der Waals surface area contributed by atoms with Crippen molar-refractivity contribution in [1.82, 2.24) is 24.3 Å². The molecule has 0 unspecified atom stereocenters. The summed E-state index contributed by atoms with van der Waals surface area (Å²) in [6.45, 7) is 4.50. The van der Waals surface area contributed by atoms with Crippen molar-refractivity contribution in [2.75, 3.05) is 13.1 Å². The highest BCUT2D eigenvalue weighted by atomic mass is 32.2. The van der Waals surface area contributed by atoms with Crippen LogP contribution in [-0.2, 0) is 26.6 Å². The molecule has 0 bridgehead atoms. The highest BCUT2D eigenvalue weighted by molar-refractivity contribution is 7.89. The van der Waals surface area contributed by atoms with Gasteiger partial charge in [0, 0.05) is 19.6 Å². The van der Waals surface area contributed by atoms with Crippen LogP contribution in [0.2, 0.25) is 0 Å². The van der Waals surface area contributed by atoms with E-state index in [0.29, 0.717) is 29.0 Å². The zero-order valence-electron chi connectivity index (χ0n) is 24.4. The molecule has 0 spiro atoms. The van der Waals surface area contributed by atoms with E-state index in [9.17, 15) is 16.8 Å². The molecule has 2 N–H and O–H groups in total. The number of aromatic nitrogens is 2. The number of benzene rings is 4. The molecular formula is C33H33N5O4S2. The van der Waals surface area contributed by atoms with E-state index in [4.69, 9.17) is 9.97 Å². The van der Waals surface area contributed by atoms with E-state index in [2.05, 4.69) is 14.3 Å². The van der Waals surface area contributed by atoms with Crippen molar-refractivity contribution < 1.29 is 16.8 Å². The molecule has 226 valence electrons. The summed E-state index contributed by atoms with van der Waals surface area (Å²) in [6.07, 6.45) is 0. The monoisotopic (exact) mass is 627 g/mol. The standard InChI is InChI=1S/C33H33N5O4S2/c1-23-12-16-26(17-13-23)43(39,40)34-20-31-33-32(35-28-10-6-7-11-29(28)36-33)30(22-38(31)21-25-8-4-3-5-9-25)37-44(41,42)27-18-14-24(2)15-19-27/h3-19,30-31,34,37H,20-22H2,1-2H3/t30-,31+/m0/s1.